The molecule has 0 unspecified atom stereocenters. The first-order valence-electron chi connectivity index (χ1n) is 8.74. The molecule has 10 heteroatoms. The van der Waals surface area contributed by atoms with Gasteiger partial charge < -0.3 is 16.2 Å². The molecular formula is C18H21F2N5OS2. The lowest BCUT2D eigenvalue weighted by atomic mass is 10.0. The Labute approximate surface area is 169 Å². The van der Waals surface area contributed by atoms with Crippen molar-refractivity contribution in [2.75, 3.05) is 17.7 Å². The Morgan fingerprint density at radius 2 is 2.04 bits per heavy atom. The van der Waals surface area contributed by atoms with Crippen molar-refractivity contribution < 1.29 is 13.9 Å². The number of rotatable bonds is 8. The van der Waals surface area contributed by atoms with Crippen molar-refractivity contribution in [2.45, 2.75) is 37.2 Å². The lowest BCUT2D eigenvalue weighted by molar-refractivity contribution is 0.259. The van der Waals surface area contributed by atoms with Crippen molar-refractivity contribution in [3.63, 3.8) is 0 Å². The predicted octanol–water partition coefficient (Wildman–Crippen LogP) is 4.06. The van der Waals surface area contributed by atoms with E-state index in [4.69, 9.17) is 5.73 Å². The van der Waals surface area contributed by atoms with E-state index in [2.05, 4.69) is 34.1 Å². The minimum absolute atomic E-state index is 0.0404. The molecule has 3 rings (SSSR count). The minimum atomic E-state index is -0.617. The van der Waals surface area contributed by atoms with E-state index in [1.807, 2.05) is 0 Å². The van der Waals surface area contributed by atoms with Crippen LogP contribution in [0.15, 0.2) is 23.4 Å². The number of anilines is 2. The van der Waals surface area contributed by atoms with E-state index in [-0.39, 0.29) is 18.4 Å². The highest BCUT2D eigenvalue weighted by Crippen LogP contribution is 2.32. The van der Waals surface area contributed by atoms with Crippen LogP contribution in [0.5, 0.6) is 0 Å². The van der Waals surface area contributed by atoms with Gasteiger partial charge in [-0.1, -0.05) is 43.0 Å². The van der Waals surface area contributed by atoms with Crippen LogP contribution in [0.4, 0.5) is 19.7 Å². The summed E-state index contributed by atoms with van der Waals surface area (Å²) >= 11 is 2.48. The number of benzene rings is 1. The molecule has 0 saturated carbocycles. The van der Waals surface area contributed by atoms with Gasteiger partial charge in [-0.3, -0.25) is 0 Å². The molecule has 0 spiro atoms. The number of nitrogens with one attached hydrogen (secondary N) is 1. The average Bonchev–Trinajstić information content (AvgIpc) is 3.00. The van der Waals surface area contributed by atoms with Crippen LogP contribution in [-0.2, 0) is 5.75 Å². The predicted molar refractivity (Wildman–Crippen MR) is 109 cm³/mol. The third-order valence-electron chi connectivity index (χ3n) is 3.94. The number of hydrogen-bond donors (Lipinski definition) is 3. The van der Waals surface area contributed by atoms with Gasteiger partial charge in [0, 0.05) is 11.8 Å². The lowest BCUT2D eigenvalue weighted by Gasteiger charge is -2.19. The number of aliphatic hydroxyl groups is 1. The van der Waals surface area contributed by atoms with E-state index < -0.39 is 11.6 Å². The van der Waals surface area contributed by atoms with Gasteiger partial charge in [-0.05, 0) is 24.0 Å². The molecule has 0 saturated heterocycles. The van der Waals surface area contributed by atoms with E-state index in [0.717, 1.165) is 12.5 Å². The highest BCUT2D eigenvalue weighted by atomic mass is 32.2. The number of fused-ring (bicyclic) bond motifs is 1. The summed E-state index contributed by atoms with van der Waals surface area (Å²) in [6.45, 7) is 4.10. The van der Waals surface area contributed by atoms with Crippen molar-refractivity contribution in [1.29, 1.82) is 0 Å². The van der Waals surface area contributed by atoms with Crippen LogP contribution in [-0.4, -0.2) is 32.7 Å². The molecule has 4 N–H and O–H groups in total. The molecule has 0 bridgehead atoms. The Kier molecular flexibility index (Phi) is 6.63. The number of thioether (sulfide) groups is 1. The van der Waals surface area contributed by atoms with Gasteiger partial charge >= 0.3 is 0 Å². The monoisotopic (exact) mass is 425 g/mol. The van der Waals surface area contributed by atoms with E-state index in [1.54, 1.807) is 0 Å². The summed E-state index contributed by atoms with van der Waals surface area (Å²) in [5.41, 5.74) is 6.63. The topological polar surface area (TPSA) is 97.0 Å². The molecule has 6 nitrogen and oxygen atoms in total. The number of halogens is 2. The molecule has 1 aromatic carbocycles. The fourth-order valence-corrected chi connectivity index (χ4v) is 4.26. The number of thiazole rings is 1. The summed E-state index contributed by atoms with van der Waals surface area (Å²) in [6.07, 6.45) is 0.763. The lowest BCUT2D eigenvalue weighted by Crippen LogP contribution is -2.26. The van der Waals surface area contributed by atoms with Crippen molar-refractivity contribution in [2.24, 2.45) is 5.92 Å². The van der Waals surface area contributed by atoms with Gasteiger partial charge in [0.1, 0.15) is 16.3 Å². The summed E-state index contributed by atoms with van der Waals surface area (Å²) in [4.78, 5) is 13.1. The maximum Gasteiger partial charge on any atom is 0.191 e. The minimum Gasteiger partial charge on any atom is -0.394 e. The summed E-state index contributed by atoms with van der Waals surface area (Å²) in [5.74, 6) is -0.0491. The number of nitrogens with two attached hydrogens (primary N) is 1. The first-order chi connectivity index (χ1) is 13.4. The van der Waals surface area contributed by atoms with Crippen molar-refractivity contribution in [1.82, 2.24) is 15.0 Å². The maximum atomic E-state index is 13.9. The average molecular weight is 426 g/mol. The Morgan fingerprint density at radius 3 is 2.71 bits per heavy atom. The van der Waals surface area contributed by atoms with Gasteiger partial charge in [0.05, 0.1) is 12.6 Å². The first-order valence-corrected chi connectivity index (χ1v) is 10.5. The van der Waals surface area contributed by atoms with Gasteiger partial charge in [-0.15, -0.1) is 0 Å². The molecule has 3 aromatic rings. The Bertz CT molecular complexity index is 967. The Balaban J connectivity index is 1.86. The normalized spacial score (nSPS) is 12.6. The number of aliphatic hydroxyl groups excluding tert-OH is 1. The molecular weight excluding hydrogens is 404 g/mol. The summed E-state index contributed by atoms with van der Waals surface area (Å²) in [7, 11) is 0. The molecule has 0 fully saturated rings. The smallest absolute Gasteiger partial charge is 0.191 e. The summed E-state index contributed by atoms with van der Waals surface area (Å²) in [5, 5.41) is 13.7. The zero-order valence-electron chi connectivity index (χ0n) is 15.4. The van der Waals surface area contributed by atoms with Crippen LogP contribution < -0.4 is 11.1 Å². The Hall–Kier alpha value is -2.04. The molecule has 2 aromatic heterocycles. The van der Waals surface area contributed by atoms with Gasteiger partial charge in [0.15, 0.2) is 21.8 Å². The molecule has 0 aliphatic heterocycles. The number of nitrogens with zero attached hydrogens (tertiary/aromatic N) is 3. The van der Waals surface area contributed by atoms with Crippen molar-refractivity contribution >= 4 is 44.4 Å². The standard InChI is InChI=1S/C18H21F2N5OS2/c1-9(2)5-12(7-26)22-15-14-16(23-17(21)28-14)25-18(24-15)27-8-10-3-4-11(19)6-13(10)20/h3-4,6,9,12,26H,5,7-8H2,1-2H3,(H3,21,22,23,24,25)/t12-/m1/s1. The van der Waals surface area contributed by atoms with E-state index >= 15 is 0 Å². The Morgan fingerprint density at radius 1 is 1.25 bits per heavy atom. The second-order valence-corrected chi connectivity index (χ2v) is 8.71. The molecule has 0 aliphatic carbocycles. The summed E-state index contributed by atoms with van der Waals surface area (Å²) < 4.78 is 27.6. The quantitative estimate of drug-likeness (QED) is 0.370. The molecule has 0 amide bonds. The maximum absolute atomic E-state index is 13.9. The van der Waals surface area contributed by atoms with E-state index in [9.17, 15) is 13.9 Å². The third-order valence-corrected chi connectivity index (χ3v) is 5.72. The van der Waals surface area contributed by atoms with Crippen LogP contribution in [0.25, 0.3) is 10.3 Å². The molecule has 0 radical (unpaired) electrons. The molecule has 1 atom stereocenters. The largest absolute Gasteiger partial charge is 0.394 e. The highest BCUT2D eigenvalue weighted by Gasteiger charge is 2.17. The molecule has 150 valence electrons. The van der Waals surface area contributed by atoms with E-state index in [1.165, 1.54) is 35.2 Å². The van der Waals surface area contributed by atoms with Gasteiger partial charge in [-0.2, -0.15) is 0 Å². The second kappa shape index (κ2) is 8.97. The van der Waals surface area contributed by atoms with Gasteiger partial charge in [-0.25, -0.2) is 23.7 Å². The number of aromatic nitrogens is 3. The SMILES string of the molecule is CC(C)C[C@H](CO)Nc1nc(SCc2ccc(F)cc2F)nc2nc(N)sc12. The first kappa shape index (κ1) is 20.7. The van der Waals surface area contributed by atoms with Crippen LogP contribution >= 0.6 is 23.1 Å². The fourth-order valence-electron chi connectivity index (χ4n) is 2.71. The van der Waals surface area contributed by atoms with Crippen molar-refractivity contribution in [3.05, 3.63) is 35.4 Å². The third kappa shape index (κ3) is 5.06. The number of hydrogen-bond acceptors (Lipinski definition) is 8. The van der Waals surface area contributed by atoms with Crippen LogP contribution in [0.3, 0.4) is 0 Å². The zero-order valence-corrected chi connectivity index (χ0v) is 17.1. The molecule has 2 heterocycles. The highest BCUT2D eigenvalue weighted by molar-refractivity contribution is 7.98. The number of nitrogen functional groups attached to an aromatic ring is 1. The van der Waals surface area contributed by atoms with Crippen LogP contribution in [0.1, 0.15) is 25.8 Å². The fraction of sp³-hybridized carbons (Fsp3) is 0.389. The molecule has 28 heavy (non-hydrogen) atoms. The van der Waals surface area contributed by atoms with Gasteiger partial charge in [0.2, 0.25) is 0 Å². The van der Waals surface area contributed by atoms with Gasteiger partial charge in [0.25, 0.3) is 0 Å². The van der Waals surface area contributed by atoms with Crippen LogP contribution in [0, 0.1) is 17.6 Å². The molecule has 0 aliphatic rings. The van der Waals surface area contributed by atoms with E-state index in [0.29, 0.717) is 37.9 Å². The summed E-state index contributed by atoms with van der Waals surface area (Å²) in [6, 6.07) is 3.30. The second-order valence-electron chi connectivity index (χ2n) is 6.74. The van der Waals surface area contributed by atoms with Crippen LogP contribution in [0.2, 0.25) is 0 Å². The zero-order chi connectivity index (χ0) is 20.3. The van der Waals surface area contributed by atoms with Crippen molar-refractivity contribution in [3.8, 4) is 0 Å².